The van der Waals surface area contributed by atoms with E-state index in [1.165, 1.54) is 16.4 Å². The molecule has 0 unspecified atom stereocenters. The van der Waals surface area contributed by atoms with Crippen LogP contribution in [-0.2, 0) is 16.6 Å². The summed E-state index contributed by atoms with van der Waals surface area (Å²) in [5.41, 5.74) is 3.94. The molecule has 1 aliphatic heterocycles. The molecule has 4 heterocycles. The van der Waals surface area contributed by atoms with Gasteiger partial charge in [-0.15, -0.1) is 11.3 Å². The van der Waals surface area contributed by atoms with E-state index in [2.05, 4.69) is 29.8 Å². The summed E-state index contributed by atoms with van der Waals surface area (Å²) in [6.45, 7) is 3.67. The minimum atomic E-state index is -3.72. The predicted octanol–water partition coefficient (Wildman–Crippen LogP) is 3.71. The van der Waals surface area contributed by atoms with Gasteiger partial charge in [0.1, 0.15) is 17.2 Å². The van der Waals surface area contributed by atoms with E-state index in [-0.39, 0.29) is 18.4 Å². The number of H-pyrrole nitrogens is 1. The van der Waals surface area contributed by atoms with Crippen LogP contribution in [0.5, 0.6) is 0 Å². The molecular weight excluding hydrogens is 513 g/mol. The van der Waals surface area contributed by atoms with Crippen molar-refractivity contribution < 1.29 is 12.8 Å². The van der Waals surface area contributed by atoms with Crippen LogP contribution in [0.1, 0.15) is 18.9 Å². The van der Waals surface area contributed by atoms with Gasteiger partial charge in [-0.05, 0) is 48.6 Å². The summed E-state index contributed by atoms with van der Waals surface area (Å²) in [5.74, 6) is -0.288. The number of likely N-dealkylation sites (N-methyl/N-ethyl adjacent to an activating group) is 1. The molecule has 1 atom stereocenters. The van der Waals surface area contributed by atoms with Gasteiger partial charge >= 0.3 is 0 Å². The molecule has 0 radical (unpaired) electrons. The van der Waals surface area contributed by atoms with Gasteiger partial charge in [0.2, 0.25) is 0 Å². The smallest absolute Gasteiger partial charge is 0.279 e. The number of hydrogen-bond donors (Lipinski definition) is 2. The average Bonchev–Trinajstić information content (AvgIpc) is 3.67. The maximum Gasteiger partial charge on any atom is 0.279 e. The summed E-state index contributed by atoms with van der Waals surface area (Å²) in [4.78, 5) is 11.6. The Morgan fingerprint density at radius 3 is 2.78 bits per heavy atom. The van der Waals surface area contributed by atoms with Crippen LogP contribution in [0.3, 0.4) is 0 Å². The second kappa shape index (κ2) is 11.1. The molecule has 1 saturated heterocycles. The molecule has 1 fully saturated rings. The average molecular weight is 542 g/mol. The molecule has 194 valence electrons. The van der Waals surface area contributed by atoms with Gasteiger partial charge < -0.3 is 4.90 Å². The first-order chi connectivity index (χ1) is 18.0. The molecule has 0 saturated carbocycles. The van der Waals surface area contributed by atoms with Crippen LogP contribution < -0.4 is 9.62 Å². The van der Waals surface area contributed by atoms with Crippen molar-refractivity contribution >= 4 is 27.2 Å². The summed E-state index contributed by atoms with van der Waals surface area (Å²) in [6, 6.07) is 10.1. The Labute approximate surface area is 219 Å². The Bertz CT molecular complexity index is 1410. The molecule has 0 aliphatic carbocycles. The first-order valence-corrected chi connectivity index (χ1v) is 14.4. The Balaban J connectivity index is 1.29. The number of aromatic amines is 1. The van der Waals surface area contributed by atoms with Gasteiger partial charge in [0, 0.05) is 55.9 Å². The molecule has 0 amide bonds. The largest absolute Gasteiger partial charge is 0.370 e. The molecule has 5 rings (SSSR count). The summed E-state index contributed by atoms with van der Waals surface area (Å²) >= 11 is 1.57. The first-order valence-electron chi connectivity index (χ1n) is 12.1. The molecule has 37 heavy (non-hydrogen) atoms. The number of benzene rings is 1. The van der Waals surface area contributed by atoms with Crippen LogP contribution in [0.15, 0.2) is 60.4 Å². The maximum atomic E-state index is 13.3. The van der Waals surface area contributed by atoms with Gasteiger partial charge in [-0.25, -0.2) is 9.11 Å². The number of halogens is 1. The fraction of sp³-hybridized carbons (Fsp3) is 0.320. The van der Waals surface area contributed by atoms with Crippen LogP contribution in [0.4, 0.5) is 10.1 Å². The highest BCUT2D eigenvalue weighted by atomic mass is 32.2. The summed E-state index contributed by atoms with van der Waals surface area (Å²) in [7, 11) is -3.72. The van der Waals surface area contributed by atoms with Crippen molar-refractivity contribution in [2.24, 2.45) is 0 Å². The zero-order chi connectivity index (χ0) is 25.8. The minimum Gasteiger partial charge on any atom is -0.370 e. The minimum absolute atomic E-state index is 0.168. The third-order valence-corrected chi connectivity index (χ3v) is 9.10. The number of aromatic nitrogens is 4. The van der Waals surface area contributed by atoms with Crippen LogP contribution in [-0.4, -0.2) is 65.1 Å². The zero-order valence-corrected chi connectivity index (χ0v) is 22.0. The third kappa shape index (κ3) is 5.57. The highest BCUT2D eigenvalue weighted by molar-refractivity contribution is 7.87. The van der Waals surface area contributed by atoms with E-state index in [1.807, 2.05) is 24.4 Å². The molecule has 0 spiro atoms. The number of nitrogens with zero attached hydrogens (tertiary/aromatic N) is 5. The van der Waals surface area contributed by atoms with Gasteiger partial charge in [-0.3, -0.25) is 15.1 Å². The highest BCUT2D eigenvalue weighted by Gasteiger charge is 2.34. The number of nitrogens with one attached hydrogen (secondary N) is 2. The Morgan fingerprint density at radius 2 is 2.08 bits per heavy atom. The molecule has 4 aromatic rings. The zero-order valence-electron chi connectivity index (χ0n) is 20.3. The molecule has 9 nitrogen and oxygen atoms in total. The predicted molar refractivity (Wildman–Crippen MR) is 143 cm³/mol. The van der Waals surface area contributed by atoms with Crippen molar-refractivity contribution in [1.29, 1.82) is 0 Å². The molecule has 0 bridgehead atoms. The third-order valence-electron chi connectivity index (χ3n) is 6.48. The van der Waals surface area contributed by atoms with Crippen LogP contribution >= 0.6 is 11.3 Å². The van der Waals surface area contributed by atoms with E-state index in [9.17, 15) is 12.8 Å². The first kappa shape index (κ1) is 25.5. The highest BCUT2D eigenvalue weighted by Crippen LogP contribution is 2.32. The van der Waals surface area contributed by atoms with E-state index < -0.39 is 10.2 Å². The van der Waals surface area contributed by atoms with Crippen molar-refractivity contribution in [2.75, 3.05) is 31.1 Å². The van der Waals surface area contributed by atoms with Gasteiger partial charge in [0.05, 0.1) is 16.8 Å². The van der Waals surface area contributed by atoms with E-state index in [0.717, 1.165) is 27.5 Å². The Morgan fingerprint density at radius 1 is 1.24 bits per heavy atom. The van der Waals surface area contributed by atoms with Crippen molar-refractivity contribution in [3.05, 3.63) is 71.7 Å². The van der Waals surface area contributed by atoms with Gasteiger partial charge in [0.25, 0.3) is 10.2 Å². The van der Waals surface area contributed by atoms with Gasteiger partial charge in [-0.2, -0.15) is 17.8 Å². The molecule has 2 N–H and O–H groups in total. The fourth-order valence-corrected chi connectivity index (χ4v) is 6.91. The quantitative estimate of drug-likeness (QED) is 0.317. The lowest BCUT2D eigenvalue weighted by atomic mass is 10.1. The number of anilines is 1. The maximum absolute atomic E-state index is 13.3. The lowest BCUT2D eigenvalue weighted by molar-refractivity contribution is 0.345. The van der Waals surface area contributed by atoms with Crippen molar-refractivity contribution in [3.8, 4) is 22.0 Å². The summed E-state index contributed by atoms with van der Waals surface area (Å²) < 4.78 is 44.3. The van der Waals surface area contributed by atoms with Crippen LogP contribution in [0.2, 0.25) is 0 Å². The normalized spacial score (nSPS) is 16.1. The van der Waals surface area contributed by atoms with E-state index >= 15 is 0 Å². The lowest BCUT2D eigenvalue weighted by Gasteiger charge is -2.27. The monoisotopic (exact) mass is 541 g/mol. The molecule has 12 heteroatoms. The number of rotatable bonds is 10. The van der Waals surface area contributed by atoms with Crippen molar-refractivity contribution in [1.82, 2.24) is 29.2 Å². The topological polar surface area (TPSA) is 107 Å². The van der Waals surface area contributed by atoms with E-state index in [4.69, 9.17) is 0 Å². The van der Waals surface area contributed by atoms with Gasteiger partial charge in [-0.1, -0.05) is 13.0 Å². The van der Waals surface area contributed by atoms with Crippen LogP contribution in [0.25, 0.3) is 22.0 Å². The van der Waals surface area contributed by atoms with Crippen molar-refractivity contribution in [3.63, 3.8) is 0 Å². The molecular formula is C25H28FN7O2S2. The SMILES string of the molecule is CCN([C@@H]1CCN(c2ccc(F)cc2)C1)S(=O)(=O)NCCc1c(-c2cccs2)n[nH]c1-c1cnccn1. The number of thiophene rings is 1. The summed E-state index contributed by atoms with van der Waals surface area (Å²) in [5, 5.41) is 9.56. The van der Waals surface area contributed by atoms with Gasteiger partial charge in [0.15, 0.2) is 0 Å². The summed E-state index contributed by atoms with van der Waals surface area (Å²) in [6.07, 6.45) is 6.01. The molecule has 3 aromatic heterocycles. The Hall–Kier alpha value is -3.19. The Kier molecular flexibility index (Phi) is 7.60. The molecule has 1 aromatic carbocycles. The fourth-order valence-electron chi connectivity index (χ4n) is 4.74. The van der Waals surface area contributed by atoms with E-state index in [1.54, 1.807) is 42.1 Å². The van der Waals surface area contributed by atoms with Crippen LogP contribution in [0, 0.1) is 5.82 Å². The van der Waals surface area contributed by atoms with E-state index in [0.29, 0.717) is 38.2 Å². The van der Waals surface area contributed by atoms with Crippen molar-refractivity contribution in [2.45, 2.75) is 25.8 Å². The number of hydrogen-bond acceptors (Lipinski definition) is 7. The lowest BCUT2D eigenvalue weighted by Crippen LogP contribution is -2.48. The second-order valence-electron chi connectivity index (χ2n) is 8.71. The molecule has 1 aliphatic rings. The standard InChI is InChI=1S/C25H28FN7O2S2/c1-2-33(20-10-14-32(17-20)19-7-5-18(26)6-8-19)37(34,35)29-11-9-21-24(22-16-27-12-13-28-22)30-31-25(21)23-4-3-15-36-23/h3-8,12-13,15-16,20,29H,2,9-11,14,17H2,1H3,(H,30,31)/t20-/m1/s1. The second-order valence-corrected chi connectivity index (χ2v) is 11.4.